The minimum Gasteiger partial charge on any atom is -0.480 e. The first-order chi connectivity index (χ1) is 9.77. The van der Waals surface area contributed by atoms with Crippen LogP contribution in [0.1, 0.15) is 32.6 Å². The molecule has 3 atom stereocenters. The molecule has 0 radical (unpaired) electrons. The molecule has 120 valence electrons. The summed E-state index contributed by atoms with van der Waals surface area (Å²) in [5.41, 5.74) is 4.40. The van der Waals surface area contributed by atoms with E-state index in [0.717, 1.165) is 0 Å². The van der Waals surface area contributed by atoms with E-state index in [4.69, 9.17) is 15.8 Å². The van der Waals surface area contributed by atoms with Crippen LogP contribution in [0.15, 0.2) is 0 Å². The molecule has 0 aromatic heterocycles. The molecule has 0 bridgehead atoms. The quantitative estimate of drug-likeness (QED) is 0.231. The topological polar surface area (TPSA) is 145 Å². The van der Waals surface area contributed by atoms with Crippen LogP contribution >= 0.6 is 0 Å². The molecule has 0 spiro atoms. The minimum atomic E-state index is -1.36. The maximum Gasteiger partial charge on any atom is 0.451 e. The Morgan fingerprint density at radius 3 is 2.67 bits per heavy atom. The van der Waals surface area contributed by atoms with Gasteiger partial charge >= 0.3 is 13.1 Å². The van der Waals surface area contributed by atoms with Gasteiger partial charge in [0.15, 0.2) is 0 Å². The molecule has 1 aliphatic rings. The van der Waals surface area contributed by atoms with E-state index in [0.29, 0.717) is 32.2 Å². The molecule has 21 heavy (non-hydrogen) atoms. The number of carbonyl (C=O) groups excluding carboxylic acids is 1. The summed E-state index contributed by atoms with van der Waals surface area (Å²) in [5, 5.41) is 32.7. The number of amides is 1. The van der Waals surface area contributed by atoms with Crippen LogP contribution in [-0.2, 0) is 9.59 Å². The second-order valence-corrected chi connectivity index (χ2v) is 5.69. The smallest absolute Gasteiger partial charge is 0.451 e. The summed E-state index contributed by atoms with van der Waals surface area (Å²) in [6, 6.07) is -0.890. The molecular weight excluding hydrogens is 277 g/mol. The van der Waals surface area contributed by atoms with E-state index in [9.17, 15) is 14.7 Å². The number of carboxylic acids is 1. The first kappa shape index (κ1) is 17.9. The normalized spacial score (nSPS) is 26.4. The zero-order chi connectivity index (χ0) is 16.0. The molecule has 0 aromatic rings. The van der Waals surface area contributed by atoms with E-state index >= 15 is 0 Å². The number of nitrogens with one attached hydrogen (secondary N) is 2. The highest BCUT2D eigenvalue weighted by molar-refractivity contribution is 6.40. The van der Waals surface area contributed by atoms with Crippen molar-refractivity contribution in [1.82, 2.24) is 10.6 Å². The second kappa shape index (κ2) is 7.74. The number of nitrogens with two attached hydrogens (primary N) is 1. The average Bonchev–Trinajstić information content (AvgIpc) is 2.79. The van der Waals surface area contributed by atoms with E-state index < -0.39 is 24.7 Å². The number of rotatable bonds is 8. The van der Waals surface area contributed by atoms with Gasteiger partial charge in [0.1, 0.15) is 5.54 Å². The lowest BCUT2D eigenvalue weighted by Crippen LogP contribution is -2.47. The van der Waals surface area contributed by atoms with E-state index in [-0.39, 0.29) is 18.3 Å². The average molecular weight is 301 g/mol. The first-order valence-electron chi connectivity index (χ1n) is 7.17. The van der Waals surface area contributed by atoms with Crippen LogP contribution < -0.4 is 16.4 Å². The Morgan fingerprint density at radius 2 is 2.14 bits per heavy atom. The SMILES string of the molecule is CC(N)C(=O)N[C@H]1CN[C@@](CCCCB(O)O)(C(=O)O)C1. The lowest BCUT2D eigenvalue weighted by molar-refractivity contribution is -0.144. The number of carboxylic acid groups (broad SMARTS) is 1. The van der Waals surface area contributed by atoms with Crippen LogP contribution in [0.5, 0.6) is 0 Å². The van der Waals surface area contributed by atoms with Crippen molar-refractivity contribution < 1.29 is 24.7 Å². The number of hydrogen-bond donors (Lipinski definition) is 6. The van der Waals surface area contributed by atoms with Gasteiger partial charge in [0, 0.05) is 12.6 Å². The lowest BCUT2D eigenvalue weighted by atomic mass is 9.81. The van der Waals surface area contributed by atoms with Crippen LogP contribution in [0.2, 0.25) is 6.32 Å². The van der Waals surface area contributed by atoms with Crippen molar-refractivity contribution in [2.45, 2.75) is 56.5 Å². The fraction of sp³-hybridized carbons (Fsp3) is 0.833. The van der Waals surface area contributed by atoms with Crippen molar-refractivity contribution in [3.05, 3.63) is 0 Å². The first-order valence-corrected chi connectivity index (χ1v) is 7.17. The van der Waals surface area contributed by atoms with Crippen LogP contribution in [0.3, 0.4) is 0 Å². The standard InChI is InChI=1S/C12H24BN3O5/c1-8(14)10(17)16-9-6-12(11(18)19,15-7-9)4-2-3-5-13(20)21/h8-9,15,20-21H,2-7,14H2,1H3,(H,16,17)(H,18,19)/t8?,9-,12-/m1/s1. The highest BCUT2D eigenvalue weighted by Gasteiger charge is 2.45. The third-order valence-corrected chi connectivity index (χ3v) is 3.77. The third kappa shape index (κ3) is 5.27. The predicted octanol–water partition coefficient (Wildman–Crippen LogP) is -1.72. The van der Waals surface area contributed by atoms with Crippen molar-refractivity contribution in [1.29, 1.82) is 0 Å². The monoisotopic (exact) mass is 301 g/mol. The molecule has 8 nitrogen and oxygen atoms in total. The number of unbranched alkanes of at least 4 members (excludes halogenated alkanes) is 1. The summed E-state index contributed by atoms with van der Waals surface area (Å²) >= 11 is 0. The molecule has 1 heterocycles. The van der Waals surface area contributed by atoms with Gasteiger partial charge in [-0.1, -0.05) is 12.8 Å². The highest BCUT2D eigenvalue weighted by Crippen LogP contribution is 2.26. The predicted molar refractivity (Wildman–Crippen MR) is 77.4 cm³/mol. The van der Waals surface area contributed by atoms with Gasteiger partial charge in [-0.05, 0) is 26.1 Å². The molecule has 0 aliphatic carbocycles. The summed E-state index contributed by atoms with van der Waals surface area (Å²) in [7, 11) is -1.36. The minimum absolute atomic E-state index is 0.223. The zero-order valence-electron chi connectivity index (χ0n) is 12.2. The van der Waals surface area contributed by atoms with Crippen LogP contribution in [0.4, 0.5) is 0 Å². The molecule has 9 heteroatoms. The molecule has 7 N–H and O–H groups in total. The highest BCUT2D eigenvalue weighted by atomic mass is 16.4. The Balaban J connectivity index is 2.51. The summed E-state index contributed by atoms with van der Waals surface area (Å²) in [6.07, 6.45) is 1.98. The summed E-state index contributed by atoms with van der Waals surface area (Å²) in [5.74, 6) is -1.25. The third-order valence-electron chi connectivity index (χ3n) is 3.77. The molecule has 1 saturated heterocycles. The van der Waals surface area contributed by atoms with Crippen molar-refractivity contribution in [3.8, 4) is 0 Å². The summed E-state index contributed by atoms with van der Waals surface area (Å²) in [6.45, 7) is 1.95. The van der Waals surface area contributed by atoms with E-state index in [1.54, 1.807) is 6.92 Å². The molecule has 1 aliphatic heterocycles. The molecular formula is C12H24BN3O5. The fourth-order valence-electron chi connectivity index (χ4n) is 2.53. The van der Waals surface area contributed by atoms with Crippen LogP contribution in [0.25, 0.3) is 0 Å². The Kier molecular flexibility index (Phi) is 6.60. The van der Waals surface area contributed by atoms with Gasteiger partial charge in [0.25, 0.3) is 0 Å². The Hall–Kier alpha value is -1.16. The van der Waals surface area contributed by atoms with Crippen molar-refractivity contribution in [2.75, 3.05) is 6.54 Å². The second-order valence-electron chi connectivity index (χ2n) is 5.69. The Bertz CT molecular complexity index is 380. The van der Waals surface area contributed by atoms with Gasteiger partial charge in [0.05, 0.1) is 6.04 Å². The lowest BCUT2D eigenvalue weighted by Gasteiger charge is -2.24. The van der Waals surface area contributed by atoms with Gasteiger partial charge in [-0.25, -0.2) is 0 Å². The van der Waals surface area contributed by atoms with E-state index in [2.05, 4.69) is 10.6 Å². The molecule has 0 saturated carbocycles. The van der Waals surface area contributed by atoms with E-state index in [1.807, 2.05) is 0 Å². The maximum absolute atomic E-state index is 11.5. The largest absolute Gasteiger partial charge is 0.480 e. The van der Waals surface area contributed by atoms with Crippen molar-refractivity contribution >= 4 is 19.0 Å². The van der Waals surface area contributed by atoms with Crippen molar-refractivity contribution in [3.63, 3.8) is 0 Å². The maximum atomic E-state index is 11.5. The van der Waals surface area contributed by atoms with Crippen LogP contribution in [-0.4, -0.2) is 58.3 Å². The van der Waals surface area contributed by atoms with Crippen molar-refractivity contribution in [2.24, 2.45) is 5.73 Å². The van der Waals surface area contributed by atoms with Crippen LogP contribution in [0, 0.1) is 0 Å². The molecule has 1 unspecified atom stereocenters. The van der Waals surface area contributed by atoms with E-state index in [1.165, 1.54) is 0 Å². The zero-order valence-corrected chi connectivity index (χ0v) is 12.2. The summed E-state index contributed by atoms with van der Waals surface area (Å²) in [4.78, 5) is 23.1. The van der Waals surface area contributed by atoms with Gasteiger partial charge < -0.3 is 26.2 Å². The Labute approximate surface area is 124 Å². The number of hydrogen-bond acceptors (Lipinski definition) is 6. The van der Waals surface area contributed by atoms with Gasteiger partial charge in [-0.15, -0.1) is 0 Å². The molecule has 0 aromatic carbocycles. The number of carbonyl (C=O) groups is 2. The molecule has 1 amide bonds. The fourth-order valence-corrected chi connectivity index (χ4v) is 2.53. The Morgan fingerprint density at radius 1 is 1.48 bits per heavy atom. The van der Waals surface area contributed by atoms with Gasteiger partial charge in [-0.3, -0.25) is 14.9 Å². The number of aliphatic carboxylic acids is 1. The van der Waals surface area contributed by atoms with Gasteiger partial charge in [-0.2, -0.15) is 0 Å². The summed E-state index contributed by atoms with van der Waals surface area (Å²) < 4.78 is 0. The molecule has 1 fully saturated rings. The molecule has 1 rings (SSSR count). The van der Waals surface area contributed by atoms with Gasteiger partial charge in [0.2, 0.25) is 5.91 Å².